The second kappa shape index (κ2) is 6.83. The van der Waals surface area contributed by atoms with Crippen LogP contribution in [-0.4, -0.2) is 32.0 Å². The van der Waals surface area contributed by atoms with Crippen molar-refractivity contribution in [1.29, 1.82) is 0 Å². The van der Waals surface area contributed by atoms with E-state index in [4.69, 9.17) is 4.74 Å². The van der Waals surface area contributed by atoms with Crippen LogP contribution in [-0.2, 0) is 4.74 Å². The molecule has 1 saturated heterocycles. The van der Waals surface area contributed by atoms with E-state index in [1.54, 1.807) is 24.3 Å². The number of anilines is 1. The third-order valence-electron chi connectivity index (χ3n) is 3.08. The molecule has 0 aliphatic carbocycles. The van der Waals surface area contributed by atoms with E-state index in [9.17, 15) is 13.2 Å². The summed E-state index contributed by atoms with van der Waals surface area (Å²) in [4.78, 5) is 0. The molecule has 20 heavy (non-hydrogen) atoms. The van der Waals surface area contributed by atoms with Gasteiger partial charge < -0.3 is 14.8 Å². The quantitative estimate of drug-likeness (QED) is 0.918. The van der Waals surface area contributed by atoms with Crippen LogP contribution in [0.4, 0.5) is 18.9 Å². The van der Waals surface area contributed by atoms with Gasteiger partial charge in [-0.1, -0.05) is 0 Å². The maximum Gasteiger partial charge on any atom is 0.422 e. The summed E-state index contributed by atoms with van der Waals surface area (Å²) in [5.74, 6) is 0.220. The molecule has 2 rings (SSSR count). The summed E-state index contributed by atoms with van der Waals surface area (Å²) in [6, 6.07) is 6.90. The highest BCUT2D eigenvalue weighted by Crippen LogP contribution is 2.21. The molecule has 0 amide bonds. The predicted molar refractivity (Wildman–Crippen MR) is 70.1 cm³/mol. The van der Waals surface area contributed by atoms with Gasteiger partial charge in [0.2, 0.25) is 0 Å². The minimum atomic E-state index is -4.31. The first-order valence-corrected chi connectivity index (χ1v) is 6.67. The zero-order valence-corrected chi connectivity index (χ0v) is 11.1. The standard InChI is InChI=1S/C14H18F3NO2/c15-14(16,17)10-20-13-5-3-12(4-6-13)18-11-2-1-8-19-9-7-11/h3-6,11,18H,1-2,7-10H2. The van der Waals surface area contributed by atoms with Gasteiger partial charge in [0, 0.05) is 24.9 Å². The highest BCUT2D eigenvalue weighted by atomic mass is 19.4. The van der Waals surface area contributed by atoms with Gasteiger partial charge in [-0.05, 0) is 43.5 Å². The van der Waals surface area contributed by atoms with Gasteiger partial charge in [0.05, 0.1) is 0 Å². The maximum absolute atomic E-state index is 12.0. The molecule has 1 N–H and O–H groups in total. The fourth-order valence-electron chi connectivity index (χ4n) is 2.10. The van der Waals surface area contributed by atoms with E-state index in [-0.39, 0.29) is 5.75 Å². The number of rotatable bonds is 4. The van der Waals surface area contributed by atoms with E-state index in [1.165, 1.54) is 0 Å². The van der Waals surface area contributed by atoms with Gasteiger partial charge in [0.1, 0.15) is 5.75 Å². The van der Waals surface area contributed by atoms with Crippen LogP contribution in [0.3, 0.4) is 0 Å². The molecule has 1 aliphatic rings. The Bertz CT molecular complexity index is 398. The van der Waals surface area contributed by atoms with Gasteiger partial charge >= 0.3 is 6.18 Å². The van der Waals surface area contributed by atoms with Crippen molar-refractivity contribution in [3.8, 4) is 5.75 Å². The van der Waals surface area contributed by atoms with Crippen molar-refractivity contribution in [2.45, 2.75) is 31.5 Å². The number of hydrogen-bond donors (Lipinski definition) is 1. The monoisotopic (exact) mass is 289 g/mol. The highest BCUT2D eigenvalue weighted by molar-refractivity contribution is 5.47. The molecule has 0 saturated carbocycles. The lowest BCUT2D eigenvalue weighted by Crippen LogP contribution is -2.20. The van der Waals surface area contributed by atoms with E-state index in [2.05, 4.69) is 10.1 Å². The molecule has 1 aromatic carbocycles. The van der Waals surface area contributed by atoms with Crippen molar-refractivity contribution >= 4 is 5.69 Å². The first-order chi connectivity index (χ1) is 9.53. The van der Waals surface area contributed by atoms with Crippen molar-refractivity contribution in [1.82, 2.24) is 0 Å². The molecule has 1 unspecified atom stereocenters. The third-order valence-corrected chi connectivity index (χ3v) is 3.08. The highest BCUT2D eigenvalue weighted by Gasteiger charge is 2.28. The number of ether oxygens (including phenoxy) is 2. The van der Waals surface area contributed by atoms with Gasteiger partial charge in [-0.3, -0.25) is 0 Å². The van der Waals surface area contributed by atoms with Crippen molar-refractivity contribution < 1.29 is 22.6 Å². The summed E-state index contributed by atoms with van der Waals surface area (Å²) in [7, 11) is 0. The molecule has 1 aliphatic heterocycles. The zero-order valence-electron chi connectivity index (χ0n) is 11.1. The summed E-state index contributed by atoms with van der Waals surface area (Å²) < 4.78 is 46.1. The van der Waals surface area contributed by atoms with E-state index in [0.29, 0.717) is 6.04 Å². The van der Waals surface area contributed by atoms with Gasteiger partial charge in [0.25, 0.3) is 0 Å². The molecule has 1 fully saturated rings. The molecule has 3 nitrogen and oxygen atoms in total. The predicted octanol–water partition coefficient (Wildman–Crippen LogP) is 3.61. The van der Waals surface area contributed by atoms with Crippen molar-refractivity contribution in [2.75, 3.05) is 25.1 Å². The second-order valence-electron chi connectivity index (χ2n) is 4.81. The van der Waals surface area contributed by atoms with E-state index >= 15 is 0 Å². The Balaban J connectivity index is 1.84. The Kier molecular flexibility index (Phi) is 5.11. The lowest BCUT2D eigenvalue weighted by Gasteiger charge is -2.17. The summed E-state index contributed by atoms with van der Waals surface area (Å²) in [6.45, 7) is 0.270. The number of benzene rings is 1. The molecule has 0 aromatic heterocycles. The van der Waals surface area contributed by atoms with Crippen molar-refractivity contribution in [3.63, 3.8) is 0 Å². The van der Waals surface area contributed by atoms with Gasteiger partial charge in [0.15, 0.2) is 6.61 Å². The summed E-state index contributed by atoms with van der Waals surface area (Å²) in [5.41, 5.74) is 0.885. The van der Waals surface area contributed by atoms with Crippen LogP contribution in [0.1, 0.15) is 19.3 Å². The Hall–Kier alpha value is -1.43. The largest absolute Gasteiger partial charge is 0.484 e. The molecule has 112 valence electrons. The molecular formula is C14H18F3NO2. The average molecular weight is 289 g/mol. The minimum Gasteiger partial charge on any atom is -0.484 e. The lowest BCUT2D eigenvalue weighted by atomic mass is 10.1. The lowest BCUT2D eigenvalue weighted by molar-refractivity contribution is -0.153. The third kappa shape index (κ3) is 5.28. The SMILES string of the molecule is FC(F)(F)COc1ccc(NC2CCCOCC2)cc1. The van der Waals surface area contributed by atoms with Crippen LogP contribution in [0.15, 0.2) is 24.3 Å². The number of nitrogens with one attached hydrogen (secondary N) is 1. The molecule has 0 spiro atoms. The number of halogens is 3. The molecule has 6 heteroatoms. The van der Waals surface area contributed by atoms with Crippen molar-refractivity contribution in [2.24, 2.45) is 0 Å². The van der Waals surface area contributed by atoms with Crippen LogP contribution < -0.4 is 10.1 Å². The van der Waals surface area contributed by atoms with Gasteiger partial charge in [-0.2, -0.15) is 13.2 Å². The molecule has 0 radical (unpaired) electrons. The maximum atomic E-state index is 12.0. The fourth-order valence-corrected chi connectivity index (χ4v) is 2.10. The topological polar surface area (TPSA) is 30.5 Å². The van der Waals surface area contributed by atoms with E-state index in [0.717, 1.165) is 38.2 Å². The average Bonchev–Trinajstić information content (AvgIpc) is 2.66. The molecule has 1 heterocycles. The van der Waals surface area contributed by atoms with E-state index < -0.39 is 12.8 Å². The molecule has 0 bridgehead atoms. The number of alkyl halides is 3. The molecule has 1 atom stereocenters. The van der Waals surface area contributed by atoms with Crippen LogP contribution in [0.5, 0.6) is 5.75 Å². The van der Waals surface area contributed by atoms with E-state index in [1.807, 2.05) is 0 Å². The first kappa shape index (κ1) is 15.0. The Labute approximate surface area is 116 Å². The summed E-state index contributed by atoms with van der Waals surface area (Å²) >= 11 is 0. The van der Waals surface area contributed by atoms with Crippen LogP contribution in [0.2, 0.25) is 0 Å². The Morgan fingerprint density at radius 3 is 2.60 bits per heavy atom. The molecular weight excluding hydrogens is 271 g/mol. The smallest absolute Gasteiger partial charge is 0.422 e. The Morgan fingerprint density at radius 1 is 1.15 bits per heavy atom. The van der Waals surface area contributed by atoms with Crippen LogP contribution >= 0.6 is 0 Å². The normalized spacial score (nSPS) is 20.2. The second-order valence-corrected chi connectivity index (χ2v) is 4.81. The minimum absolute atomic E-state index is 0.220. The summed E-state index contributed by atoms with van der Waals surface area (Å²) in [5, 5.41) is 3.36. The summed E-state index contributed by atoms with van der Waals surface area (Å²) in [6.07, 6.45) is -1.32. The van der Waals surface area contributed by atoms with Gasteiger partial charge in [-0.25, -0.2) is 0 Å². The Morgan fingerprint density at radius 2 is 1.90 bits per heavy atom. The van der Waals surface area contributed by atoms with Crippen molar-refractivity contribution in [3.05, 3.63) is 24.3 Å². The molecule has 1 aromatic rings. The first-order valence-electron chi connectivity index (χ1n) is 6.67. The van der Waals surface area contributed by atoms with Crippen LogP contribution in [0.25, 0.3) is 0 Å². The zero-order chi connectivity index (χ0) is 14.4. The number of hydrogen-bond acceptors (Lipinski definition) is 3. The van der Waals surface area contributed by atoms with Crippen LogP contribution in [0, 0.1) is 0 Å². The van der Waals surface area contributed by atoms with Gasteiger partial charge in [-0.15, -0.1) is 0 Å². The fraction of sp³-hybridized carbons (Fsp3) is 0.571.